The number of carbonyl (C=O) groups excluding carboxylic acids is 1. The van der Waals surface area contributed by atoms with Crippen LogP contribution in [0.5, 0.6) is 0 Å². The molecule has 1 N–H and O–H groups in total. The number of nitrogens with zero attached hydrogens (tertiary/aromatic N) is 1. The van der Waals surface area contributed by atoms with Gasteiger partial charge in [0.1, 0.15) is 0 Å². The fourth-order valence-electron chi connectivity index (χ4n) is 4.05. The van der Waals surface area contributed by atoms with Crippen LogP contribution < -0.4 is 5.32 Å². The summed E-state index contributed by atoms with van der Waals surface area (Å²) in [5.74, 6) is 0.0519. The summed E-state index contributed by atoms with van der Waals surface area (Å²) in [6, 6.07) is 7.64. The van der Waals surface area contributed by atoms with Gasteiger partial charge in [-0.05, 0) is 72.8 Å². The molecule has 2 saturated heterocycles. The van der Waals surface area contributed by atoms with Crippen molar-refractivity contribution in [3.63, 3.8) is 0 Å². The maximum atomic E-state index is 12.6. The van der Waals surface area contributed by atoms with Gasteiger partial charge in [0.05, 0.1) is 12.2 Å². The van der Waals surface area contributed by atoms with E-state index in [1.54, 1.807) is 18.2 Å². The third-order valence-electron chi connectivity index (χ3n) is 5.38. The largest absolute Gasteiger partial charge is 0.354 e. The minimum atomic E-state index is -1.75. The van der Waals surface area contributed by atoms with Crippen LogP contribution in [0.15, 0.2) is 28.7 Å². The quantitative estimate of drug-likeness (QED) is 0.451. The summed E-state index contributed by atoms with van der Waals surface area (Å²) in [6.07, 6.45) is 4.96. The van der Waals surface area contributed by atoms with E-state index in [-0.39, 0.29) is 5.91 Å². The van der Waals surface area contributed by atoms with E-state index in [9.17, 15) is 4.79 Å². The lowest BCUT2D eigenvalue weighted by atomic mass is 9.84. The number of ether oxygens (including phenoxy) is 1. The summed E-state index contributed by atoms with van der Waals surface area (Å²) in [5, 5.41) is 2.73. The van der Waals surface area contributed by atoms with E-state index in [2.05, 4.69) is 26.1 Å². The minimum Gasteiger partial charge on any atom is -0.354 e. The van der Waals surface area contributed by atoms with Crippen molar-refractivity contribution in [1.29, 1.82) is 0 Å². The number of carbonyl (C=O) groups is 1. The highest BCUT2D eigenvalue weighted by molar-refractivity contribution is 9.10. The van der Waals surface area contributed by atoms with Crippen LogP contribution in [-0.2, 0) is 4.74 Å². The number of amides is 1. The number of hydrogen-bond acceptors (Lipinski definition) is 3. The topological polar surface area (TPSA) is 41.6 Å². The van der Waals surface area contributed by atoms with Crippen LogP contribution in [0.2, 0.25) is 0 Å². The van der Waals surface area contributed by atoms with Crippen LogP contribution in [0.4, 0.5) is 0 Å². The third kappa shape index (κ3) is 5.74. The number of alkyl halides is 3. The Morgan fingerprint density at radius 2 is 1.96 bits per heavy atom. The lowest BCUT2D eigenvalue weighted by Crippen LogP contribution is -2.51. The second kappa shape index (κ2) is 9.64. The normalized spacial score (nSPS) is 24.9. The molecule has 2 heterocycles. The maximum Gasteiger partial charge on any atom is 0.254 e. The fraction of sp³-hybridized carbons (Fsp3) is 0.632. The molecule has 3 atom stereocenters. The Kier molecular flexibility index (Phi) is 7.73. The van der Waals surface area contributed by atoms with E-state index in [4.69, 9.17) is 39.5 Å². The summed E-state index contributed by atoms with van der Waals surface area (Å²) >= 11 is 21.7. The van der Waals surface area contributed by atoms with Crippen molar-refractivity contribution in [2.75, 3.05) is 19.7 Å². The zero-order valence-corrected chi connectivity index (χ0v) is 18.8. The highest BCUT2D eigenvalue weighted by atomic mass is 79.9. The van der Waals surface area contributed by atoms with Crippen LogP contribution in [-0.4, -0.2) is 46.6 Å². The molecule has 1 amide bonds. The summed E-state index contributed by atoms with van der Waals surface area (Å²) in [7, 11) is 0. The SMILES string of the molecule is O=C(NC(OC[C@@H]1CCCN2CCCC[C@H]12)C(Cl)(Cl)Cl)c1ccccc1Br. The molecule has 8 heteroatoms. The van der Waals surface area contributed by atoms with Crippen LogP contribution in [0, 0.1) is 5.92 Å². The molecule has 1 aromatic rings. The Labute approximate surface area is 184 Å². The van der Waals surface area contributed by atoms with Crippen molar-refractivity contribution in [2.45, 2.75) is 48.2 Å². The third-order valence-corrected chi connectivity index (χ3v) is 6.67. The predicted molar refractivity (Wildman–Crippen MR) is 114 cm³/mol. The lowest BCUT2D eigenvalue weighted by Gasteiger charge is -2.44. The summed E-state index contributed by atoms with van der Waals surface area (Å²) in [6.45, 7) is 2.79. The maximum absolute atomic E-state index is 12.6. The number of halogens is 4. The Morgan fingerprint density at radius 3 is 2.70 bits per heavy atom. The van der Waals surface area contributed by atoms with Crippen molar-refractivity contribution in [3.8, 4) is 0 Å². The van der Waals surface area contributed by atoms with Gasteiger partial charge in [0.15, 0.2) is 6.23 Å². The lowest BCUT2D eigenvalue weighted by molar-refractivity contribution is -0.0325. The molecule has 0 spiro atoms. The molecule has 0 aromatic heterocycles. The van der Waals surface area contributed by atoms with Crippen molar-refractivity contribution in [3.05, 3.63) is 34.3 Å². The van der Waals surface area contributed by atoms with Crippen molar-refractivity contribution < 1.29 is 9.53 Å². The van der Waals surface area contributed by atoms with E-state index in [0.29, 0.717) is 28.6 Å². The molecule has 0 bridgehead atoms. The zero-order valence-electron chi connectivity index (χ0n) is 15.0. The Balaban J connectivity index is 1.63. The van der Waals surface area contributed by atoms with Crippen molar-refractivity contribution >= 4 is 56.6 Å². The second-order valence-electron chi connectivity index (χ2n) is 7.21. The predicted octanol–water partition coefficient (Wildman–Crippen LogP) is 5.16. The molecule has 0 radical (unpaired) electrons. The van der Waals surface area contributed by atoms with E-state index < -0.39 is 10.0 Å². The number of benzene rings is 1. The van der Waals surface area contributed by atoms with Crippen LogP contribution >= 0.6 is 50.7 Å². The van der Waals surface area contributed by atoms with Crippen LogP contribution in [0.25, 0.3) is 0 Å². The van der Waals surface area contributed by atoms with Gasteiger partial charge in [-0.25, -0.2) is 0 Å². The first-order valence-corrected chi connectivity index (χ1v) is 11.3. The standard InChI is InChI=1S/C19H24BrCl3N2O2/c20-15-8-2-1-7-14(15)17(26)24-18(19(21,22)23)27-12-13-6-5-11-25-10-4-3-9-16(13)25/h1-2,7-8,13,16,18H,3-6,9-12H2,(H,24,26)/t13-,16+,18?/m0/s1. The van der Waals surface area contributed by atoms with Gasteiger partial charge in [-0.2, -0.15) is 0 Å². The summed E-state index contributed by atoms with van der Waals surface area (Å²) in [5.41, 5.74) is 0.469. The number of hydrogen-bond donors (Lipinski definition) is 1. The molecule has 2 fully saturated rings. The van der Waals surface area contributed by atoms with Gasteiger partial charge in [0.2, 0.25) is 3.79 Å². The van der Waals surface area contributed by atoms with Crippen LogP contribution in [0.1, 0.15) is 42.5 Å². The smallest absolute Gasteiger partial charge is 0.254 e. The van der Waals surface area contributed by atoms with Gasteiger partial charge in [-0.15, -0.1) is 0 Å². The molecule has 2 aliphatic heterocycles. The first-order chi connectivity index (χ1) is 12.9. The molecule has 1 aromatic carbocycles. The van der Waals surface area contributed by atoms with Crippen molar-refractivity contribution in [2.24, 2.45) is 5.92 Å². The van der Waals surface area contributed by atoms with E-state index >= 15 is 0 Å². The Bertz CT molecular complexity index is 654. The van der Waals surface area contributed by atoms with Gasteiger partial charge in [-0.1, -0.05) is 53.4 Å². The number of piperidine rings is 2. The molecule has 4 nitrogen and oxygen atoms in total. The minimum absolute atomic E-state index is 0.346. The van der Waals surface area contributed by atoms with Crippen molar-refractivity contribution in [1.82, 2.24) is 10.2 Å². The molecule has 1 unspecified atom stereocenters. The fourth-order valence-corrected chi connectivity index (χ4v) is 4.87. The molecular weight excluding hydrogens is 474 g/mol. The first-order valence-electron chi connectivity index (χ1n) is 9.34. The molecule has 150 valence electrons. The monoisotopic (exact) mass is 496 g/mol. The number of nitrogens with one attached hydrogen (secondary N) is 1. The first kappa shape index (κ1) is 21.7. The van der Waals surface area contributed by atoms with Gasteiger partial charge in [0, 0.05) is 10.5 Å². The van der Waals surface area contributed by atoms with Gasteiger partial charge >= 0.3 is 0 Å². The molecular formula is C19H24BrCl3N2O2. The summed E-state index contributed by atoms with van der Waals surface area (Å²) in [4.78, 5) is 15.2. The highest BCUT2D eigenvalue weighted by Gasteiger charge is 2.38. The second-order valence-corrected chi connectivity index (χ2v) is 10.4. The highest BCUT2D eigenvalue weighted by Crippen LogP contribution is 2.34. The molecule has 27 heavy (non-hydrogen) atoms. The molecule has 2 aliphatic rings. The average molecular weight is 499 g/mol. The van der Waals surface area contributed by atoms with E-state index in [0.717, 1.165) is 25.9 Å². The van der Waals surface area contributed by atoms with Gasteiger partial charge in [0.25, 0.3) is 5.91 Å². The van der Waals surface area contributed by atoms with E-state index in [1.807, 2.05) is 6.07 Å². The zero-order chi connectivity index (χ0) is 19.4. The van der Waals surface area contributed by atoms with Crippen LogP contribution in [0.3, 0.4) is 0 Å². The molecule has 0 aliphatic carbocycles. The van der Waals surface area contributed by atoms with Gasteiger partial charge < -0.3 is 15.0 Å². The molecule has 0 saturated carbocycles. The Hall–Kier alpha value is -0.0400. The summed E-state index contributed by atoms with van der Waals surface area (Å²) < 4.78 is 4.88. The van der Waals surface area contributed by atoms with E-state index in [1.165, 1.54) is 19.3 Å². The Morgan fingerprint density at radius 1 is 1.22 bits per heavy atom. The van der Waals surface area contributed by atoms with Gasteiger partial charge in [-0.3, -0.25) is 4.79 Å². The average Bonchev–Trinajstić information content (AvgIpc) is 2.64. The number of rotatable bonds is 5. The number of fused-ring (bicyclic) bond motifs is 1. The molecule has 3 rings (SSSR count).